The number of ether oxygens (including phenoxy) is 12. The van der Waals surface area contributed by atoms with Crippen molar-refractivity contribution >= 4 is 53.5 Å². The summed E-state index contributed by atoms with van der Waals surface area (Å²) in [7, 11) is 5.58. The van der Waals surface area contributed by atoms with Crippen molar-refractivity contribution in [2.45, 2.75) is 217 Å². The van der Waals surface area contributed by atoms with Crippen LogP contribution < -0.4 is 18.9 Å². The molecule has 9 rings (SSSR count). The van der Waals surface area contributed by atoms with Crippen LogP contribution in [-0.2, 0) is 61.9 Å². The third kappa shape index (κ3) is 28.3. The lowest BCUT2D eigenvalue weighted by atomic mass is 9.75. The monoisotopic (exact) mass is 1710 g/mol. The number of Topliss-reactive ketones (excluding diaryl/α,β-unsaturated/α-hetero) is 1. The van der Waals surface area contributed by atoms with Crippen molar-refractivity contribution in [1.82, 2.24) is 0 Å². The number of carbonyl (C=O) groups is 9. The van der Waals surface area contributed by atoms with Crippen molar-refractivity contribution in [3.63, 3.8) is 0 Å². The van der Waals surface area contributed by atoms with Crippen LogP contribution in [0, 0.1) is 10.8 Å². The maximum Gasteiger partial charge on any atom is 0.344 e. The minimum absolute atomic E-state index is 0.0162. The smallest absolute Gasteiger partial charge is 0.344 e. The average Bonchev–Trinajstić information content (AvgIpc) is 0.735. The predicted octanol–water partition coefficient (Wildman–Crippen LogP) is 18.8. The number of ketones is 1. The minimum atomic E-state index is -1.16. The van der Waals surface area contributed by atoms with Gasteiger partial charge >= 0.3 is 47.8 Å². The summed E-state index contributed by atoms with van der Waals surface area (Å²) in [6, 6.07) is 37.6. The van der Waals surface area contributed by atoms with Gasteiger partial charge in [-0.05, 0) is 205 Å². The Bertz CT molecular complexity index is 5000. The molecule has 0 fully saturated rings. The summed E-state index contributed by atoms with van der Waals surface area (Å²) in [6.07, 6.45) is 0.953. The number of phenolic OH excluding ortho intramolecular Hbond substituents is 4. The van der Waals surface area contributed by atoms with E-state index in [4.69, 9.17) is 56.8 Å². The Kier molecular flexibility index (Phi) is 32.1. The Morgan fingerprint density at radius 2 is 0.452 bits per heavy atom. The molecule has 0 amide bonds. The van der Waals surface area contributed by atoms with Gasteiger partial charge in [0.2, 0.25) is 0 Å². The van der Waals surface area contributed by atoms with Gasteiger partial charge in [0.25, 0.3) is 0 Å². The van der Waals surface area contributed by atoms with E-state index in [1.165, 1.54) is 96.0 Å². The van der Waals surface area contributed by atoms with Crippen molar-refractivity contribution in [2.75, 3.05) is 48.3 Å². The van der Waals surface area contributed by atoms with E-state index >= 15 is 0 Å². The molecule has 1 aliphatic carbocycles. The van der Waals surface area contributed by atoms with Crippen LogP contribution in [0.4, 0.5) is 0 Å². The molecule has 124 heavy (non-hydrogen) atoms. The number of rotatable bonds is 20. The van der Waals surface area contributed by atoms with E-state index in [0.717, 1.165) is 0 Å². The van der Waals surface area contributed by atoms with Crippen molar-refractivity contribution in [1.29, 1.82) is 0 Å². The van der Waals surface area contributed by atoms with Gasteiger partial charge in [-0.1, -0.05) is 102 Å². The second-order valence-electron chi connectivity index (χ2n) is 37.5. The van der Waals surface area contributed by atoms with E-state index < -0.39 is 96.1 Å². The number of carbonyl (C=O) groups excluding carboxylic acids is 9. The van der Waals surface area contributed by atoms with Gasteiger partial charge in [-0.3, -0.25) is 14.4 Å². The van der Waals surface area contributed by atoms with Crippen LogP contribution in [0.15, 0.2) is 146 Å². The van der Waals surface area contributed by atoms with Gasteiger partial charge < -0.3 is 77.3 Å². The molecule has 0 heterocycles. The van der Waals surface area contributed by atoms with Crippen molar-refractivity contribution in [2.24, 2.45) is 10.8 Å². The molecule has 0 saturated carbocycles. The van der Waals surface area contributed by atoms with Gasteiger partial charge in [-0.2, -0.15) is 0 Å². The minimum Gasteiger partial charge on any atom is -0.507 e. The van der Waals surface area contributed by atoms with E-state index in [9.17, 15) is 63.6 Å². The molecule has 4 atom stereocenters. The molecule has 0 aliphatic heterocycles. The number of fused-ring (bicyclic) bond motifs is 8. The van der Waals surface area contributed by atoms with Crippen LogP contribution in [0.1, 0.15) is 297 Å². The Hall–Kier alpha value is -12.4. The zero-order valence-corrected chi connectivity index (χ0v) is 76.1. The number of phenols is 4. The summed E-state index contributed by atoms with van der Waals surface area (Å²) in [5.41, 5.74) is 0.987. The van der Waals surface area contributed by atoms with E-state index in [2.05, 4.69) is 0 Å². The second kappa shape index (κ2) is 40.3. The first kappa shape index (κ1) is 98.7. The zero-order valence-electron chi connectivity index (χ0n) is 76.1. The number of aromatic hydroxyl groups is 4. The fraction of sp³-hybridized carbons (Fsp3) is 0.424. The molecule has 8 bridgehead atoms. The molecular formula is C99H120O25. The standard InChI is InChI=1S/C79H80O21.2C10H20O2/c1-42(80)43-15-17-44(18-16-43)70-51-31-56(64(92-12)35-59(51)81)72(46-21-27-49(28-22-46)75(89)96-40-68(86)99-78(5,6)7)53-33-58(66(94-14)37-61(53)83)73(47-23-29-50(30-24-47)76(90)97-41-69(87)100-79(8,9)10)54-34-57(65(93-13)38-62(54)84)71(52-32-55(70)63(91-11)36-60(52)82)45-19-25-48(26-20-45)74(88)95-39-67(85)98-77(2,3)4;2*1-9(2,3)7-8(11)12-10(4,5)6/h15-38,70-73,81-84H,39-41H2,1-14H3;2*7H2,1-6H3. The summed E-state index contributed by atoms with van der Waals surface area (Å²) >= 11 is 0. The molecular weight excluding hydrogens is 1590 g/mol. The van der Waals surface area contributed by atoms with Crippen molar-refractivity contribution in [3.05, 3.63) is 235 Å². The van der Waals surface area contributed by atoms with Crippen LogP contribution in [0.5, 0.6) is 46.0 Å². The first-order valence-corrected chi connectivity index (χ1v) is 40.5. The van der Waals surface area contributed by atoms with Crippen molar-refractivity contribution in [3.8, 4) is 46.0 Å². The fourth-order valence-corrected chi connectivity index (χ4v) is 13.8. The molecule has 666 valence electrons. The first-order chi connectivity index (χ1) is 57.4. The molecule has 25 nitrogen and oxygen atoms in total. The molecule has 0 aromatic heterocycles. The highest BCUT2D eigenvalue weighted by Gasteiger charge is 2.38. The summed E-state index contributed by atoms with van der Waals surface area (Å²) in [4.78, 5) is 115. The zero-order chi connectivity index (χ0) is 92.9. The Labute approximate surface area is 726 Å². The van der Waals surface area contributed by atoms with Gasteiger partial charge in [0.1, 0.15) is 74.0 Å². The van der Waals surface area contributed by atoms with Crippen molar-refractivity contribution < 1.29 is 120 Å². The predicted molar refractivity (Wildman–Crippen MR) is 466 cm³/mol. The van der Waals surface area contributed by atoms with Crippen LogP contribution in [0.25, 0.3) is 0 Å². The molecule has 0 saturated heterocycles. The molecule has 4 N–H and O–H groups in total. The lowest BCUT2D eigenvalue weighted by molar-refractivity contribution is -0.159. The van der Waals surface area contributed by atoms with Crippen LogP contribution in [0.2, 0.25) is 0 Å². The van der Waals surface area contributed by atoms with E-state index in [1.807, 2.05) is 83.1 Å². The lowest BCUT2D eigenvalue weighted by Gasteiger charge is -2.31. The number of methoxy groups -OCH3 is 4. The highest BCUT2D eigenvalue weighted by atomic mass is 16.6. The quantitative estimate of drug-likeness (QED) is 0.0313. The Balaban J connectivity index is 0.000000763. The largest absolute Gasteiger partial charge is 0.507 e. The van der Waals surface area contributed by atoms with Gasteiger partial charge in [0, 0.05) is 98.0 Å². The Morgan fingerprint density at radius 1 is 0.266 bits per heavy atom. The number of benzene rings is 8. The molecule has 0 radical (unpaired) electrons. The molecule has 25 heteroatoms. The van der Waals surface area contributed by atoms with Crippen LogP contribution in [-0.4, -0.2) is 150 Å². The topological polar surface area (TPSA) is 345 Å². The maximum atomic E-state index is 13.7. The fourth-order valence-electron chi connectivity index (χ4n) is 13.8. The lowest BCUT2D eigenvalue weighted by Crippen LogP contribution is -2.27. The summed E-state index contributed by atoms with van der Waals surface area (Å²) in [5.74, 6) is -10.7. The molecule has 8 aromatic carbocycles. The van der Waals surface area contributed by atoms with E-state index in [-0.39, 0.29) is 125 Å². The third-order valence-corrected chi connectivity index (χ3v) is 18.5. The van der Waals surface area contributed by atoms with Crippen LogP contribution >= 0.6 is 0 Å². The SMILES string of the molecule is CC(C)(C)CC(=O)OC(C)(C)C.CC(C)(C)CC(=O)OC(C)(C)C.COc1cc(O)c2cc1C(c1ccc(C(C)=O)cc1)c1cc(c(OC)cc1O)C(c1ccc(C(=O)OCC(=O)OC(C)(C)C)cc1)c1cc(c(OC)cc1O)C(c1ccc(C(=O)OCC(=O)OC(C)(C)C)cc1)c1cc(c(OC)cc1O)C2c1ccc(C(=O)OCC(=O)OC(C)(C)C)cc1. The highest BCUT2D eigenvalue weighted by molar-refractivity contribution is 5.94. The molecule has 0 spiro atoms. The van der Waals surface area contributed by atoms with Crippen LogP contribution in [0.3, 0.4) is 0 Å². The number of esters is 8. The first-order valence-electron chi connectivity index (χ1n) is 40.5. The second-order valence-corrected chi connectivity index (χ2v) is 37.5. The third-order valence-electron chi connectivity index (χ3n) is 18.5. The van der Waals surface area contributed by atoms with Gasteiger partial charge in [-0.25, -0.2) is 28.8 Å². The molecule has 4 unspecified atom stereocenters. The molecule has 8 aromatic rings. The van der Waals surface area contributed by atoms with Gasteiger partial charge in [0.15, 0.2) is 25.6 Å². The normalized spacial score (nSPS) is 14.6. The molecule has 1 aliphatic rings. The highest BCUT2D eigenvalue weighted by Crippen LogP contribution is 2.55. The summed E-state index contributed by atoms with van der Waals surface area (Å²) in [6.45, 7) is 37.9. The van der Waals surface area contributed by atoms with Gasteiger partial charge in [0.05, 0.1) is 58.0 Å². The summed E-state index contributed by atoms with van der Waals surface area (Å²) < 4.78 is 67.4. The Morgan fingerprint density at radius 3 is 0.621 bits per heavy atom. The summed E-state index contributed by atoms with van der Waals surface area (Å²) in [5, 5.41) is 51.2. The van der Waals surface area contributed by atoms with E-state index in [0.29, 0.717) is 62.9 Å². The number of hydrogen-bond donors (Lipinski definition) is 4. The van der Waals surface area contributed by atoms with Gasteiger partial charge in [-0.15, -0.1) is 0 Å². The van der Waals surface area contributed by atoms with E-state index in [1.54, 1.807) is 147 Å². The average molecular weight is 1710 g/mol. The maximum absolute atomic E-state index is 13.7. The number of hydrogen-bond acceptors (Lipinski definition) is 25.